The molecule has 2 rings (SSSR count). The second-order valence-electron chi connectivity index (χ2n) is 5.71. The molecule has 2 aromatic rings. The van der Waals surface area contributed by atoms with Crippen molar-refractivity contribution in [3.05, 3.63) is 71.0 Å². The zero-order chi connectivity index (χ0) is 18.1. The van der Waals surface area contributed by atoms with E-state index in [1.807, 2.05) is 36.4 Å². The van der Waals surface area contributed by atoms with Crippen LogP contribution in [0.5, 0.6) is 0 Å². The highest BCUT2D eigenvalue weighted by molar-refractivity contribution is 14.0. The van der Waals surface area contributed by atoms with Gasteiger partial charge in [-0.2, -0.15) is 0 Å². The summed E-state index contributed by atoms with van der Waals surface area (Å²) in [6.07, 6.45) is 0. The van der Waals surface area contributed by atoms with Gasteiger partial charge in [0, 0.05) is 42.4 Å². The Morgan fingerprint density at radius 3 is 2.50 bits per heavy atom. The SMILES string of the molecule is CN=C(NCCS(=O)Cc1ccccc1)NCc1ccc(C)c(F)c1.I. The highest BCUT2D eigenvalue weighted by Crippen LogP contribution is 2.08. The highest BCUT2D eigenvalue weighted by atomic mass is 127. The molecule has 0 amide bonds. The molecule has 1 unspecified atom stereocenters. The number of hydrogen-bond acceptors (Lipinski definition) is 2. The average molecular weight is 489 g/mol. The molecule has 2 aromatic carbocycles. The first kappa shape index (κ1) is 22.6. The number of nitrogens with zero attached hydrogens (tertiary/aromatic N) is 1. The highest BCUT2D eigenvalue weighted by Gasteiger charge is 2.04. The first-order chi connectivity index (χ1) is 12.1. The van der Waals surface area contributed by atoms with E-state index in [1.54, 1.807) is 20.0 Å². The molecular formula is C19H25FIN3OS. The lowest BCUT2D eigenvalue weighted by Crippen LogP contribution is -2.38. The summed E-state index contributed by atoms with van der Waals surface area (Å²) in [6, 6.07) is 15.0. The van der Waals surface area contributed by atoms with E-state index in [2.05, 4.69) is 15.6 Å². The van der Waals surface area contributed by atoms with Crippen molar-refractivity contribution in [3.63, 3.8) is 0 Å². The van der Waals surface area contributed by atoms with E-state index in [-0.39, 0.29) is 29.8 Å². The predicted molar refractivity (Wildman–Crippen MR) is 118 cm³/mol. The Morgan fingerprint density at radius 1 is 1.12 bits per heavy atom. The lowest BCUT2D eigenvalue weighted by molar-refractivity contribution is 0.615. The zero-order valence-corrected chi connectivity index (χ0v) is 18.1. The Kier molecular flexibility index (Phi) is 10.4. The van der Waals surface area contributed by atoms with Gasteiger partial charge in [-0.25, -0.2) is 4.39 Å². The molecule has 0 radical (unpaired) electrons. The molecule has 1 atom stereocenters. The van der Waals surface area contributed by atoms with Crippen LogP contribution in [0.1, 0.15) is 16.7 Å². The molecule has 0 aliphatic rings. The van der Waals surface area contributed by atoms with Crippen molar-refractivity contribution in [2.45, 2.75) is 19.2 Å². The van der Waals surface area contributed by atoms with Crippen LogP contribution in [-0.4, -0.2) is 29.5 Å². The van der Waals surface area contributed by atoms with Crippen molar-refractivity contribution in [2.24, 2.45) is 4.99 Å². The number of halogens is 2. The Bertz CT molecular complexity index is 741. The summed E-state index contributed by atoms with van der Waals surface area (Å²) in [5.74, 6) is 1.49. The molecule has 0 aliphatic carbocycles. The first-order valence-electron chi connectivity index (χ1n) is 8.17. The number of nitrogens with one attached hydrogen (secondary N) is 2. The summed E-state index contributed by atoms with van der Waals surface area (Å²) in [4.78, 5) is 4.13. The van der Waals surface area contributed by atoms with Gasteiger partial charge in [0.1, 0.15) is 5.82 Å². The van der Waals surface area contributed by atoms with Crippen molar-refractivity contribution in [2.75, 3.05) is 19.3 Å². The van der Waals surface area contributed by atoms with Crippen molar-refractivity contribution < 1.29 is 8.60 Å². The van der Waals surface area contributed by atoms with Crippen LogP contribution < -0.4 is 10.6 Å². The number of benzene rings is 2. The van der Waals surface area contributed by atoms with E-state index < -0.39 is 10.8 Å². The van der Waals surface area contributed by atoms with Gasteiger partial charge in [0.2, 0.25) is 0 Å². The van der Waals surface area contributed by atoms with Gasteiger partial charge in [-0.3, -0.25) is 9.20 Å². The van der Waals surface area contributed by atoms with E-state index in [1.165, 1.54) is 6.07 Å². The van der Waals surface area contributed by atoms with Crippen LogP contribution in [0.25, 0.3) is 0 Å². The van der Waals surface area contributed by atoms with Crippen molar-refractivity contribution in [1.82, 2.24) is 10.6 Å². The summed E-state index contributed by atoms with van der Waals surface area (Å²) >= 11 is 0. The van der Waals surface area contributed by atoms with Gasteiger partial charge in [0.25, 0.3) is 0 Å². The topological polar surface area (TPSA) is 53.5 Å². The third-order valence-corrected chi connectivity index (χ3v) is 5.03. The molecular weight excluding hydrogens is 464 g/mol. The smallest absolute Gasteiger partial charge is 0.191 e. The minimum absolute atomic E-state index is 0. The summed E-state index contributed by atoms with van der Waals surface area (Å²) < 4.78 is 25.6. The maximum absolute atomic E-state index is 13.5. The van der Waals surface area contributed by atoms with Crippen molar-refractivity contribution in [1.29, 1.82) is 0 Å². The number of aryl methyl sites for hydroxylation is 1. The minimum atomic E-state index is -0.930. The number of rotatable bonds is 7. The van der Waals surface area contributed by atoms with Crippen LogP contribution in [0.2, 0.25) is 0 Å². The van der Waals surface area contributed by atoms with Crippen LogP contribution in [0.15, 0.2) is 53.5 Å². The molecule has 0 saturated carbocycles. The Balaban J connectivity index is 0.00000338. The molecule has 26 heavy (non-hydrogen) atoms. The average Bonchev–Trinajstić information content (AvgIpc) is 2.61. The van der Waals surface area contributed by atoms with E-state index in [9.17, 15) is 8.60 Å². The second kappa shape index (κ2) is 12.0. The summed E-state index contributed by atoms with van der Waals surface area (Å²) in [5.41, 5.74) is 2.55. The molecule has 2 N–H and O–H groups in total. The van der Waals surface area contributed by atoms with Gasteiger partial charge in [-0.15, -0.1) is 24.0 Å². The van der Waals surface area contributed by atoms with Gasteiger partial charge in [0.05, 0.1) is 0 Å². The molecule has 0 saturated heterocycles. The maximum atomic E-state index is 13.5. The van der Waals surface area contributed by atoms with E-state index in [0.29, 0.717) is 36.1 Å². The number of hydrogen-bond donors (Lipinski definition) is 2. The molecule has 0 fully saturated rings. The first-order valence-corrected chi connectivity index (χ1v) is 9.65. The van der Waals surface area contributed by atoms with Gasteiger partial charge in [0.15, 0.2) is 5.96 Å². The largest absolute Gasteiger partial charge is 0.355 e. The van der Waals surface area contributed by atoms with Crippen molar-refractivity contribution in [3.8, 4) is 0 Å². The Labute approximate surface area is 174 Å². The van der Waals surface area contributed by atoms with E-state index in [4.69, 9.17) is 0 Å². The Hall–Kier alpha value is -1.48. The molecule has 0 spiro atoms. The number of guanidine groups is 1. The van der Waals surface area contributed by atoms with Gasteiger partial charge < -0.3 is 10.6 Å². The summed E-state index contributed by atoms with van der Waals surface area (Å²) in [6.45, 7) is 2.77. The molecule has 0 heterocycles. The molecule has 4 nitrogen and oxygen atoms in total. The fraction of sp³-hybridized carbons (Fsp3) is 0.316. The molecule has 7 heteroatoms. The van der Waals surface area contributed by atoms with Crippen molar-refractivity contribution >= 4 is 40.7 Å². The Morgan fingerprint density at radius 2 is 1.85 bits per heavy atom. The van der Waals surface area contributed by atoms with Gasteiger partial charge in [-0.1, -0.05) is 42.5 Å². The summed E-state index contributed by atoms with van der Waals surface area (Å²) in [5, 5.41) is 6.26. The summed E-state index contributed by atoms with van der Waals surface area (Å²) in [7, 11) is 0.743. The van der Waals surface area contributed by atoms with Gasteiger partial charge in [-0.05, 0) is 29.7 Å². The van der Waals surface area contributed by atoms with Crippen LogP contribution in [-0.2, 0) is 23.1 Å². The standard InChI is InChI=1S/C19H24FN3OS.HI/c1-15-8-9-17(12-18(15)20)13-23-19(21-2)22-10-11-25(24)14-16-6-4-3-5-7-16;/h3-9,12H,10-11,13-14H2,1-2H3,(H2,21,22,23);1H. The fourth-order valence-electron chi connectivity index (χ4n) is 2.27. The molecule has 142 valence electrons. The van der Waals surface area contributed by atoms with Crippen LogP contribution in [0, 0.1) is 12.7 Å². The van der Waals surface area contributed by atoms with Crippen LogP contribution in [0.4, 0.5) is 4.39 Å². The third kappa shape index (κ3) is 7.82. The monoisotopic (exact) mass is 489 g/mol. The lowest BCUT2D eigenvalue weighted by Gasteiger charge is -2.12. The van der Waals surface area contributed by atoms with Gasteiger partial charge >= 0.3 is 0 Å². The second-order valence-corrected chi connectivity index (χ2v) is 7.29. The molecule has 0 aromatic heterocycles. The van der Waals surface area contributed by atoms with Crippen LogP contribution in [0.3, 0.4) is 0 Å². The van der Waals surface area contributed by atoms with Crippen LogP contribution >= 0.6 is 24.0 Å². The molecule has 0 bridgehead atoms. The molecule has 0 aliphatic heterocycles. The fourth-order valence-corrected chi connectivity index (χ4v) is 3.31. The maximum Gasteiger partial charge on any atom is 0.191 e. The quantitative estimate of drug-likeness (QED) is 0.357. The normalized spacial score (nSPS) is 12.2. The lowest BCUT2D eigenvalue weighted by atomic mass is 10.1. The predicted octanol–water partition coefficient (Wildman–Crippen LogP) is 3.37. The van der Waals surface area contributed by atoms with E-state index in [0.717, 1.165) is 11.1 Å². The zero-order valence-electron chi connectivity index (χ0n) is 15.0. The minimum Gasteiger partial charge on any atom is -0.355 e. The van der Waals surface area contributed by atoms with E-state index >= 15 is 0 Å². The third-order valence-electron chi connectivity index (χ3n) is 3.71. The number of aliphatic imine (C=N–C) groups is 1.